The molecule has 102 valence electrons. The quantitative estimate of drug-likeness (QED) is 0.584. The van der Waals surface area contributed by atoms with Crippen LogP contribution in [0.25, 0.3) is 27.8 Å². The minimum atomic E-state index is -0.156. The van der Waals surface area contributed by atoms with Gasteiger partial charge in [-0.15, -0.1) is 0 Å². The highest BCUT2D eigenvalue weighted by Crippen LogP contribution is 2.24. The van der Waals surface area contributed by atoms with E-state index in [1.54, 1.807) is 18.5 Å². The van der Waals surface area contributed by atoms with E-state index in [1.807, 2.05) is 40.8 Å². The normalized spacial score (nSPS) is 11.3. The van der Waals surface area contributed by atoms with Gasteiger partial charge in [0.2, 0.25) is 0 Å². The molecule has 4 aromatic rings. The highest BCUT2D eigenvalue weighted by molar-refractivity contribution is 6.30. The van der Waals surface area contributed by atoms with Gasteiger partial charge in [0, 0.05) is 10.6 Å². The molecule has 5 heteroatoms. The Labute approximate surface area is 124 Å². The summed E-state index contributed by atoms with van der Waals surface area (Å²) in [4.78, 5) is 19.7. The van der Waals surface area contributed by atoms with Crippen LogP contribution in [0.1, 0.15) is 0 Å². The molecule has 0 saturated carbocycles. The zero-order chi connectivity index (χ0) is 14.4. The monoisotopic (exact) mass is 295 g/mol. The molecule has 2 heterocycles. The number of aromatic amines is 1. The van der Waals surface area contributed by atoms with Crippen LogP contribution in [0, 0.1) is 0 Å². The van der Waals surface area contributed by atoms with Crippen LogP contribution in [-0.4, -0.2) is 14.4 Å². The lowest BCUT2D eigenvalue weighted by Gasteiger charge is -2.03. The Morgan fingerprint density at radius 1 is 1.05 bits per heavy atom. The van der Waals surface area contributed by atoms with Gasteiger partial charge in [0.25, 0.3) is 5.56 Å². The largest absolute Gasteiger partial charge is 0.319 e. The van der Waals surface area contributed by atoms with Crippen LogP contribution >= 0.6 is 11.6 Å². The summed E-state index contributed by atoms with van der Waals surface area (Å²) < 4.78 is 1.82. The third kappa shape index (κ3) is 1.84. The van der Waals surface area contributed by atoms with Crippen molar-refractivity contribution >= 4 is 28.2 Å². The summed E-state index contributed by atoms with van der Waals surface area (Å²) in [5.41, 5.74) is 3.60. The predicted molar refractivity (Wildman–Crippen MR) is 83.8 cm³/mol. The molecule has 4 rings (SSSR count). The fourth-order valence-corrected chi connectivity index (χ4v) is 2.66. The smallest absolute Gasteiger partial charge is 0.275 e. The summed E-state index contributed by atoms with van der Waals surface area (Å²) in [6, 6.07) is 14.9. The average Bonchev–Trinajstić information content (AvgIpc) is 2.94. The Hall–Kier alpha value is -2.59. The lowest BCUT2D eigenvalue weighted by molar-refractivity contribution is 1.16. The van der Waals surface area contributed by atoms with E-state index in [0.717, 1.165) is 16.6 Å². The van der Waals surface area contributed by atoms with Crippen molar-refractivity contribution in [2.24, 2.45) is 0 Å². The van der Waals surface area contributed by atoms with Gasteiger partial charge in [0.15, 0.2) is 0 Å². The fraction of sp³-hybridized carbons (Fsp3) is 0. The average molecular weight is 296 g/mol. The maximum Gasteiger partial charge on any atom is 0.275 e. The molecule has 4 nitrogen and oxygen atoms in total. The summed E-state index contributed by atoms with van der Waals surface area (Å²) in [5, 5.41) is 0.654. The van der Waals surface area contributed by atoms with Crippen molar-refractivity contribution in [3.8, 4) is 11.3 Å². The minimum Gasteiger partial charge on any atom is -0.319 e. The number of fused-ring (bicyclic) bond motifs is 3. The number of nitrogens with one attached hydrogen (secondary N) is 1. The first-order chi connectivity index (χ1) is 10.2. The highest BCUT2D eigenvalue weighted by atomic mass is 35.5. The molecular weight excluding hydrogens is 286 g/mol. The molecule has 2 aromatic heterocycles. The Morgan fingerprint density at radius 2 is 1.81 bits per heavy atom. The molecular formula is C16H10ClN3O. The van der Waals surface area contributed by atoms with Gasteiger partial charge in [-0.25, -0.2) is 4.98 Å². The van der Waals surface area contributed by atoms with E-state index in [2.05, 4.69) is 9.97 Å². The maximum absolute atomic E-state index is 12.4. The number of para-hydroxylation sites is 2. The van der Waals surface area contributed by atoms with Gasteiger partial charge in [-0.1, -0.05) is 35.9 Å². The highest BCUT2D eigenvalue weighted by Gasteiger charge is 2.12. The number of nitrogens with zero attached hydrogens (tertiary/aromatic N) is 2. The van der Waals surface area contributed by atoms with E-state index < -0.39 is 0 Å². The number of imidazole rings is 1. The molecule has 1 N–H and O–H groups in total. The molecule has 0 spiro atoms. The molecule has 0 unspecified atom stereocenters. The SMILES string of the molecule is O=c1[nH]c2ccccc2n2cnc(-c3ccc(Cl)cc3)c12. The Morgan fingerprint density at radius 3 is 2.62 bits per heavy atom. The molecule has 0 aliphatic carbocycles. The first-order valence-corrected chi connectivity index (χ1v) is 6.86. The second kappa shape index (κ2) is 4.46. The molecule has 0 fully saturated rings. The summed E-state index contributed by atoms with van der Waals surface area (Å²) in [6.07, 6.45) is 1.68. The van der Waals surface area contributed by atoms with Gasteiger partial charge in [-0.3, -0.25) is 9.20 Å². The molecule has 0 saturated heterocycles. The summed E-state index contributed by atoms with van der Waals surface area (Å²) in [6.45, 7) is 0. The van der Waals surface area contributed by atoms with Crippen molar-refractivity contribution < 1.29 is 0 Å². The third-order valence-corrected chi connectivity index (χ3v) is 3.76. The molecule has 2 aromatic carbocycles. The lowest BCUT2D eigenvalue weighted by atomic mass is 10.1. The topological polar surface area (TPSA) is 50.2 Å². The van der Waals surface area contributed by atoms with Crippen molar-refractivity contribution in [1.82, 2.24) is 14.4 Å². The predicted octanol–water partition coefficient (Wildman–Crippen LogP) is 3.50. The van der Waals surface area contributed by atoms with E-state index in [1.165, 1.54) is 0 Å². The van der Waals surface area contributed by atoms with Crippen LogP contribution in [0.15, 0.2) is 59.7 Å². The Balaban J connectivity index is 2.11. The van der Waals surface area contributed by atoms with Crippen molar-refractivity contribution in [1.29, 1.82) is 0 Å². The van der Waals surface area contributed by atoms with Crippen LogP contribution in [0.4, 0.5) is 0 Å². The Kier molecular flexibility index (Phi) is 2.59. The van der Waals surface area contributed by atoms with Gasteiger partial charge < -0.3 is 4.98 Å². The number of hydrogen-bond donors (Lipinski definition) is 1. The molecule has 0 bridgehead atoms. The zero-order valence-corrected chi connectivity index (χ0v) is 11.6. The van der Waals surface area contributed by atoms with Crippen LogP contribution in [-0.2, 0) is 0 Å². The first kappa shape index (κ1) is 12.2. The molecule has 0 amide bonds. The van der Waals surface area contributed by atoms with Crippen LogP contribution < -0.4 is 5.56 Å². The van der Waals surface area contributed by atoms with Crippen molar-refractivity contribution in [3.05, 3.63) is 70.2 Å². The summed E-state index contributed by atoms with van der Waals surface area (Å²) in [5.74, 6) is 0. The number of halogens is 1. The number of rotatable bonds is 1. The number of aromatic nitrogens is 3. The first-order valence-electron chi connectivity index (χ1n) is 6.48. The van der Waals surface area contributed by atoms with E-state index in [9.17, 15) is 4.79 Å². The van der Waals surface area contributed by atoms with Gasteiger partial charge in [-0.2, -0.15) is 0 Å². The molecule has 0 aliphatic rings. The minimum absolute atomic E-state index is 0.156. The second-order valence-electron chi connectivity index (χ2n) is 4.79. The van der Waals surface area contributed by atoms with Crippen LogP contribution in [0.5, 0.6) is 0 Å². The molecule has 0 atom stereocenters. The third-order valence-electron chi connectivity index (χ3n) is 3.51. The number of hydrogen-bond acceptors (Lipinski definition) is 2. The summed E-state index contributed by atoms with van der Waals surface area (Å²) >= 11 is 5.91. The maximum atomic E-state index is 12.4. The molecule has 0 aliphatic heterocycles. The second-order valence-corrected chi connectivity index (χ2v) is 5.23. The molecule has 0 radical (unpaired) electrons. The lowest BCUT2D eigenvalue weighted by Crippen LogP contribution is -2.10. The summed E-state index contributed by atoms with van der Waals surface area (Å²) in [7, 11) is 0. The molecule has 21 heavy (non-hydrogen) atoms. The van der Waals surface area contributed by atoms with E-state index in [0.29, 0.717) is 16.2 Å². The van der Waals surface area contributed by atoms with Crippen LogP contribution in [0.2, 0.25) is 5.02 Å². The number of H-pyrrole nitrogens is 1. The van der Waals surface area contributed by atoms with Gasteiger partial charge in [0.1, 0.15) is 17.5 Å². The van der Waals surface area contributed by atoms with Gasteiger partial charge >= 0.3 is 0 Å². The van der Waals surface area contributed by atoms with Gasteiger partial charge in [-0.05, 0) is 24.3 Å². The van der Waals surface area contributed by atoms with Crippen molar-refractivity contribution in [2.45, 2.75) is 0 Å². The zero-order valence-electron chi connectivity index (χ0n) is 10.9. The number of benzene rings is 2. The Bertz CT molecular complexity index is 1020. The standard InChI is InChI=1S/C16H10ClN3O/c17-11-7-5-10(6-8-11)14-15-16(21)19-12-3-1-2-4-13(12)20(15)9-18-14/h1-9H,(H,19,21). The van der Waals surface area contributed by atoms with Crippen LogP contribution in [0.3, 0.4) is 0 Å². The van der Waals surface area contributed by atoms with E-state index in [4.69, 9.17) is 11.6 Å². The fourth-order valence-electron chi connectivity index (χ4n) is 2.54. The van der Waals surface area contributed by atoms with Gasteiger partial charge in [0.05, 0.1) is 11.0 Å². The van der Waals surface area contributed by atoms with E-state index in [-0.39, 0.29) is 5.56 Å². The van der Waals surface area contributed by atoms with Crippen molar-refractivity contribution in [3.63, 3.8) is 0 Å². The van der Waals surface area contributed by atoms with Crippen molar-refractivity contribution in [2.75, 3.05) is 0 Å². The van der Waals surface area contributed by atoms with E-state index >= 15 is 0 Å².